The normalized spacial score (nSPS) is 21.7. The summed E-state index contributed by atoms with van der Waals surface area (Å²) in [6.45, 7) is 2.60. The van der Waals surface area contributed by atoms with Crippen LogP contribution in [0.1, 0.15) is 29.0 Å². The Bertz CT molecular complexity index is 1150. The van der Waals surface area contributed by atoms with Crippen molar-refractivity contribution in [2.75, 3.05) is 20.3 Å². The molecule has 1 atom stereocenters. The summed E-state index contributed by atoms with van der Waals surface area (Å²) in [5.41, 5.74) is 3.08. The number of methoxy groups -OCH3 is 1. The van der Waals surface area contributed by atoms with Crippen molar-refractivity contribution >= 4 is 23.2 Å². The third-order valence-electron chi connectivity index (χ3n) is 5.74. The zero-order valence-electron chi connectivity index (χ0n) is 17.5. The van der Waals surface area contributed by atoms with Crippen LogP contribution in [-0.2, 0) is 10.6 Å². The highest BCUT2D eigenvalue weighted by Crippen LogP contribution is 2.42. The minimum absolute atomic E-state index is 0.152. The zero-order valence-corrected chi connectivity index (χ0v) is 18.3. The standard InChI is InChI=1S/C23H24N4O3S/c1-16-13-26(15-24-16)19-8-7-17(12-20(19)29-2)11-18-5-3-9-27-22(18)25-30-23(27,14-28)21-6-4-10-31-21/h4,6-8,10-13,15,28H,3,5,9,14H2,1-2H3. The molecule has 2 aromatic heterocycles. The minimum Gasteiger partial charge on any atom is -0.495 e. The molecule has 0 saturated carbocycles. The van der Waals surface area contributed by atoms with Gasteiger partial charge in [0.1, 0.15) is 12.4 Å². The lowest BCUT2D eigenvalue weighted by atomic mass is 9.97. The molecule has 1 N–H and O–H groups in total. The Morgan fingerprint density at radius 1 is 1.35 bits per heavy atom. The van der Waals surface area contributed by atoms with Gasteiger partial charge in [0, 0.05) is 12.7 Å². The van der Waals surface area contributed by atoms with Crippen molar-refractivity contribution in [3.05, 3.63) is 69.9 Å². The third kappa shape index (κ3) is 3.32. The second kappa shape index (κ2) is 7.86. The van der Waals surface area contributed by atoms with Crippen LogP contribution in [0, 0.1) is 6.92 Å². The van der Waals surface area contributed by atoms with E-state index in [2.05, 4.69) is 27.2 Å². The second-order valence-electron chi connectivity index (χ2n) is 7.70. The number of aromatic nitrogens is 2. The first kappa shape index (κ1) is 19.8. The van der Waals surface area contributed by atoms with E-state index in [-0.39, 0.29) is 6.61 Å². The SMILES string of the molecule is COc1cc(C=C2CCCN3C2=NOC3(CO)c2cccs2)ccc1-n1cnc(C)c1. The molecule has 5 rings (SSSR count). The summed E-state index contributed by atoms with van der Waals surface area (Å²) in [5.74, 6) is 1.56. The Kier molecular flexibility index (Phi) is 5.03. The molecule has 2 aliphatic heterocycles. The van der Waals surface area contributed by atoms with E-state index >= 15 is 0 Å². The quantitative estimate of drug-likeness (QED) is 0.656. The van der Waals surface area contributed by atoms with Gasteiger partial charge in [-0.15, -0.1) is 11.3 Å². The topological polar surface area (TPSA) is 72.1 Å². The fraction of sp³-hybridized carbons (Fsp3) is 0.304. The number of benzene rings is 1. The maximum Gasteiger partial charge on any atom is 0.269 e. The number of hydrogen-bond donors (Lipinski definition) is 1. The molecule has 0 amide bonds. The van der Waals surface area contributed by atoms with Crippen molar-refractivity contribution in [2.24, 2.45) is 5.16 Å². The lowest BCUT2D eigenvalue weighted by Gasteiger charge is -2.37. The van der Waals surface area contributed by atoms with Gasteiger partial charge in [0.15, 0.2) is 5.84 Å². The number of ether oxygens (including phenoxy) is 1. The van der Waals surface area contributed by atoms with Gasteiger partial charge in [-0.05, 0) is 60.6 Å². The van der Waals surface area contributed by atoms with Crippen LogP contribution < -0.4 is 4.74 Å². The third-order valence-corrected chi connectivity index (χ3v) is 6.75. The van der Waals surface area contributed by atoms with Gasteiger partial charge in [0.25, 0.3) is 5.72 Å². The summed E-state index contributed by atoms with van der Waals surface area (Å²) in [5, 5.41) is 16.6. The van der Waals surface area contributed by atoms with E-state index in [9.17, 15) is 5.11 Å². The maximum absolute atomic E-state index is 10.2. The van der Waals surface area contributed by atoms with Gasteiger partial charge in [-0.2, -0.15) is 0 Å². The number of aliphatic hydroxyl groups excluding tert-OH is 1. The number of aryl methyl sites for hydroxylation is 1. The van der Waals surface area contributed by atoms with Crippen LogP contribution in [-0.4, -0.2) is 45.7 Å². The molecule has 3 aromatic rings. The van der Waals surface area contributed by atoms with Crippen molar-refractivity contribution in [1.82, 2.24) is 14.5 Å². The van der Waals surface area contributed by atoms with Gasteiger partial charge in [-0.1, -0.05) is 17.3 Å². The second-order valence-corrected chi connectivity index (χ2v) is 8.65. The molecule has 31 heavy (non-hydrogen) atoms. The van der Waals surface area contributed by atoms with Crippen LogP contribution in [0.5, 0.6) is 5.75 Å². The Balaban J connectivity index is 1.47. The van der Waals surface area contributed by atoms with E-state index in [4.69, 9.17) is 9.57 Å². The molecule has 7 nitrogen and oxygen atoms in total. The molecule has 1 aromatic carbocycles. The van der Waals surface area contributed by atoms with Gasteiger partial charge < -0.3 is 24.1 Å². The van der Waals surface area contributed by atoms with Crippen LogP contribution >= 0.6 is 11.3 Å². The monoisotopic (exact) mass is 436 g/mol. The van der Waals surface area contributed by atoms with E-state index in [1.165, 1.54) is 0 Å². The average Bonchev–Trinajstić information content (AvgIpc) is 3.54. The summed E-state index contributed by atoms with van der Waals surface area (Å²) in [6, 6.07) is 10.1. The van der Waals surface area contributed by atoms with E-state index in [0.29, 0.717) is 0 Å². The number of thiophene rings is 1. The highest BCUT2D eigenvalue weighted by Gasteiger charge is 2.50. The van der Waals surface area contributed by atoms with Crippen molar-refractivity contribution in [1.29, 1.82) is 0 Å². The first-order valence-corrected chi connectivity index (χ1v) is 11.1. The number of hydrogen-bond acceptors (Lipinski definition) is 7. The highest BCUT2D eigenvalue weighted by molar-refractivity contribution is 7.10. The van der Waals surface area contributed by atoms with Crippen molar-refractivity contribution in [2.45, 2.75) is 25.5 Å². The van der Waals surface area contributed by atoms with Gasteiger partial charge in [-0.25, -0.2) is 4.98 Å². The Hall–Kier alpha value is -3.10. The predicted octanol–water partition coefficient (Wildman–Crippen LogP) is 3.92. The summed E-state index contributed by atoms with van der Waals surface area (Å²) in [6.07, 6.45) is 7.74. The van der Waals surface area contributed by atoms with Crippen LogP contribution in [0.4, 0.5) is 0 Å². The van der Waals surface area contributed by atoms with Gasteiger partial charge >= 0.3 is 0 Å². The number of amidine groups is 1. The number of rotatable bonds is 5. The van der Waals surface area contributed by atoms with Crippen LogP contribution in [0.2, 0.25) is 0 Å². The number of imidazole rings is 1. The molecule has 1 fully saturated rings. The molecule has 160 valence electrons. The van der Waals surface area contributed by atoms with E-state index in [1.54, 1.807) is 24.8 Å². The van der Waals surface area contributed by atoms with E-state index in [0.717, 1.165) is 58.4 Å². The summed E-state index contributed by atoms with van der Waals surface area (Å²) in [7, 11) is 1.67. The highest BCUT2D eigenvalue weighted by atomic mass is 32.1. The van der Waals surface area contributed by atoms with Crippen LogP contribution in [0.15, 0.2) is 59.0 Å². The van der Waals surface area contributed by atoms with E-state index < -0.39 is 5.72 Å². The van der Waals surface area contributed by atoms with Crippen molar-refractivity contribution in [3.63, 3.8) is 0 Å². The molecule has 0 aliphatic carbocycles. The molecular formula is C23H24N4O3S. The number of fused-ring (bicyclic) bond motifs is 1. The molecule has 0 bridgehead atoms. The summed E-state index contributed by atoms with van der Waals surface area (Å²) >= 11 is 1.57. The largest absolute Gasteiger partial charge is 0.495 e. The number of piperidine rings is 1. The van der Waals surface area contributed by atoms with Gasteiger partial charge in [0.05, 0.1) is 29.7 Å². The summed E-state index contributed by atoms with van der Waals surface area (Å²) in [4.78, 5) is 13.2. The molecule has 1 saturated heterocycles. The van der Waals surface area contributed by atoms with Gasteiger partial charge in [-0.3, -0.25) is 0 Å². The molecule has 4 heterocycles. The number of nitrogens with zero attached hydrogens (tertiary/aromatic N) is 4. The van der Waals surface area contributed by atoms with Crippen molar-refractivity contribution in [3.8, 4) is 11.4 Å². The molecule has 8 heteroatoms. The molecule has 0 spiro atoms. The van der Waals surface area contributed by atoms with E-state index in [1.807, 2.05) is 47.3 Å². The maximum atomic E-state index is 10.2. The lowest BCUT2D eigenvalue weighted by Crippen LogP contribution is -2.50. The number of aliphatic hydroxyl groups is 1. The predicted molar refractivity (Wildman–Crippen MR) is 120 cm³/mol. The number of oxime groups is 1. The fourth-order valence-electron chi connectivity index (χ4n) is 4.21. The Morgan fingerprint density at radius 3 is 2.97 bits per heavy atom. The molecule has 2 aliphatic rings. The lowest BCUT2D eigenvalue weighted by molar-refractivity contribution is -0.134. The summed E-state index contributed by atoms with van der Waals surface area (Å²) < 4.78 is 7.61. The fourth-order valence-corrected chi connectivity index (χ4v) is 5.06. The molecular weight excluding hydrogens is 412 g/mol. The first-order chi connectivity index (χ1) is 15.1. The van der Waals surface area contributed by atoms with Crippen molar-refractivity contribution < 1.29 is 14.7 Å². The Labute approximate surface area is 184 Å². The van der Waals surface area contributed by atoms with Crippen LogP contribution in [0.3, 0.4) is 0 Å². The molecule has 1 unspecified atom stereocenters. The minimum atomic E-state index is -0.927. The average molecular weight is 437 g/mol. The van der Waals surface area contributed by atoms with Crippen LogP contribution in [0.25, 0.3) is 11.8 Å². The molecule has 0 radical (unpaired) electrons. The Morgan fingerprint density at radius 2 is 2.26 bits per heavy atom. The first-order valence-electron chi connectivity index (χ1n) is 10.2. The zero-order chi connectivity index (χ0) is 21.4. The smallest absolute Gasteiger partial charge is 0.269 e. The van der Waals surface area contributed by atoms with Gasteiger partial charge in [0.2, 0.25) is 0 Å².